The molecule has 0 amide bonds. The predicted molar refractivity (Wildman–Crippen MR) is 120 cm³/mol. The van der Waals surface area contributed by atoms with Crippen molar-refractivity contribution in [3.63, 3.8) is 0 Å². The molecule has 1 aromatic carbocycles. The van der Waals surface area contributed by atoms with E-state index >= 15 is 0 Å². The highest BCUT2D eigenvalue weighted by atomic mass is 16.5. The number of anilines is 1. The quantitative estimate of drug-likeness (QED) is 0.403. The highest BCUT2D eigenvalue weighted by Gasteiger charge is 2.21. The Kier molecular flexibility index (Phi) is 6.79. The van der Waals surface area contributed by atoms with E-state index in [4.69, 9.17) is 10.5 Å². The van der Waals surface area contributed by atoms with Gasteiger partial charge in [0.15, 0.2) is 0 Å². The molecule has 8 heteroatoms. The number of piperazine rings is 1. The van der Waals surface area contributed by atoms with Crippen molar-refractivity contribution in [3.8, 4) is 5.88 Å². The minimum Gasteiger partial charge on any atom is -0.479 e. The second-order valence-electron chi connectivity index (χ2n) is 7.85. The fraction of sp³-hybridized carbons (Fsp3) is 0.455. The number of hydroxylamine groups is 1. The molecule has 1 aliphatic rings. The van der Waals surface area contributed by atoms with Crippen LogP contribution in [0.25, 0.3) is 0 Å². The van der Waals surface area contributed by atoms with Gasteiger partial charge in [0.2, 0.25) is 11.8 Å². The van der Waals surface area contributed by atoms with Crippen molar-refractivity contribution in [1.82, 2.24) is 15.4 Å². The zero-order valence-electron chi connectivity index (χ0n) is 18.4. The first-order chi connectivity index (χ1) is 14.3. The number of methoxy groups -OCH3 is 1. The Bertz CT molecular complexity index is 900. The molecule has 1 aliphatic heterocycles. The Morgan fingerprint density at radius 1 is 1.13 bits per heavy atom. The van der Waals surface area contributed by atoms with E-state index in [2.05, 4.69) is 52.4 Å². The standard InChI is InChI=1S/C22H32N6O2/c1-14-10-15(2)12-18(11-14)27-6-8-28(9-7-27)22(26-29)25-20-13-19(16(3)23)17(4)24-21(20)30-5/h10-13,16,29H,6-9,23H2,1-5H3,(H,25,26). The highest BCUT2D eigenvalue weighted by Crippen LogP contribution is 2.30. The van der Waals surface area contributed by atoms with Crippen LogP contribution in [0, 0.1) is 20.8 Å². The summed E-state index contributed by atoms with van der Waals surface area (Å²) in [6.45, 7) is 11.1. The lowest BCUT2D eigenvalue weighted by Crippen LogP contribution is -2.52. The van der Waals surface area contributed by atoms with Gasteiger partial charge in [0.1, 0.15) is 5.69 Å². The van der Waals surface area contributed by atoms with Gasteiger partial charge in [0, 0.05) is 43.6 Å². The third-order valence-electron chi connectivity index (χ3n) is 5.36. The van der Waals surface area contributed by atoms with Crippen molar-refractivity contribution < 1.29 is 9.94 Å². The van der Waals surface area contributed by atoms with Gasteiger partial charge in [-0.1, -0.05) is 6.07 Å². The molecule has 1 atom stereocenters. The SMILES string of the molecule is COc1nc(C)c(C(C)N)cc1N=C(NO)N1CCN(c2cc(C)cc(C)c2)CC1. The molecule has 1 aromatic heterocycles. The highest BCUT2D eigenvalue weighted by molar-refractivity contribution is 5.83. The lowest BCUT2D eigenvalue weighted by Gasteiger charge is -2.37. The topological polar surface area (TPSA) is 99.2 Å². The van der Waals surface area contributed by atoms with Crippen LogP contribution in [0.4, 0.5) is 11.4 Å². The van der Waals surface area contributed by atoms with Crippen molar-refractivity contribution in [3.05, 3.63) is 46.6 Å². The van der Waals surface area contributed by atoms with Crippen molar-refractivity contribution in [1.29, 1.82) is 0 Å². The van der Waals surface area contributed by atoms with Crippen LogP contribution in [0.1, 0.15) is 35.3 Å². The summed E-state index contributed by atoms with van der Waals surface area (Å²) in [5.41, 5.74) is 14.3. The average molecular weight is 413 g/mol. The van der Waals surface area contributed by atoms with Crippen LogP contribution in [0.2, 0.25) is 0 Å². The largest absolute Gasteiger partial charge is 0.479 e. The van der Waals surface area contributed by atoms with Crippen molar-refractivity contribution in [2.45, 2.75) is 33.7 Å². The van der Waals surface area contributed by atoms with E-state index in [0.717, 1.165) is 37.4 Å². The number of aliphatic imine (C=N–C) groups is 1. The zero-order valence-corrected chi connectivity index (χ0v) is 18.4. The van der Waals surface area contributed by atoms with Crippen LogP contribution in [0.3, 0.4) is 0 Å². The second kappa shape index (κ2) is 9.32. The monoisotopic (exact) mass is 412 g/mol. The first-order valence-electron chi connectivity index (χ1n) is 10.2. The van der Waals surface area contributed by atoms with Gasteiger partial charge in [-0.2, -0.15) is 0 Å². The number of rotatable bonds is 4. The minimum atomic E-state index is -0.177. The molecule has 0 radical (unpaired) electrons. The molecular formula is C22H32N6O2. The number of hydrogen-bond donors (Lipinski definition) is 3. The Balaban J connectivity index is 1.80. The molecule has 0 aliphatic carbocycles. The maximum atomic E-state index is 9.77. The molecule has 0 saturated carbocycles. The fourth-order valence-corrected chi connectivity index (χ4v) is 3.87. The number of ether oxygens (including phenoxy) is 1. The van der Waals surface area contributed by atoms with Crippen LogP contribution in [-0.2, 0) is 0 Å². The Morgan fingerprint density at radius 3 is 2.30 bits per heavy atom. The number of aryl methyl sites for hydroxylation is 3. The summed E-state index contributed by atoms with van der Waals surface area (Å²) in [5.74, 6) is 0.771. The molecule has 30 heavy (non-hydrogen) atoms. The van der Waals surface area contributed by atoms with Crippen LogP contribution in [0.15, 0.2) is 29.3 Å². The molecule has 8 nitrogen and oxygen atoms in total. The second-order valence-corrected chi connectivity index (χ2v) is 7.85. The molecule has 1 saturated heterocycles. The van der Waals surface area contributed by atoms with Gasteiger partial charge in [-0.15, -0.1) is 0 Å². The summed E-state index contributed by atoms with van der Waals surface area (Å²) >= 11 is 0. The number of pyridine rings is 1. The first kappa shape index (κ1) is 21.9. The summed E-state index contributed by atoms with van der Waals surface area (Å²) in [6, 6.07) is 8.29. The summed E-state index contributed by atoms with van der Waals surface area (Å²) in [5, 5.41) is 9.77. The van der Waals surface area contributed by atoms with E-state index < -0.39 is 0 Å². The Hall–Kier alpha value is -2.84. The van der Waals surface area contributed by atoms with Crippen molar-refractivity contribution in [2.75, 3.05) is 38.2 Å². The molecule has 162 valence electrons. The number of nitrogens with one attached hydrogen (secondary N) is 1. The van der Waals surface area contributed by atoms with Crippen LogP contribution < -0.4 is 20.9 Å². The van der Waals surface area contributed by atoms with Gasteiger partial charge in [0.25, 0.3) is 0 Å². The number of aromatic nitrogens is 1. The van der Waals surface area contributed by atoms with Gasteiger partial charge in [-0.25, -0.2) is 15.5 Å². The molecular weight excluding hydrogens is 380 g/mol. The molecule has 1 unspecified atom stereocenters. The van der Waals surface area contributed by atoms with Gasteiger partial charge in [-0.05, 0) is 62.6 Å². The number of benzene rings is 1. The third-order valence-corrected chi connectivity index (χ3v) is 5.36. The van der Waals surface area contributed by atoms with Crippen LogP contribution in [-0.4, -0.2) is 54.3 Å². The normalized spacial score (nSPS) is 15.9. The van der Waals surface area contributed by atoms with Crippen LogP contribution >= 0.6 is 0 Å². The van der Waals surface area contributed by atoms with E-state index in [1.54, 1.807) is 7.11 Å². The van der Waals surface area contributed by atoms with E-state index in [0.29, 0.717) is 17.5 Å². The summed E-state index contributed by atoms with van der Waals surface area (Å²) in [7, 11) is 1.56. The number of hydrogen-bond acceptors (Lipinski definition) is 6. The lowest BCUT2D eigenvalue weighted by atomic mass is 10.1. The van der Waals surface area contributed by atoms with Gasteiger partial charge < -0.3 is 20.3 Å². The summed E-state index contributed by atoms with van der Waals surface area (Å²) < 4.78 is 5.40. The van der Waals surface area contributed by atoms with E-state index in [-0.39, 0.29) is 6.04 Å². The molecule has 2 heterocycles. The third kappa shape index (κ3) is 4.83. The average Bonchev–Trinajstić information content (AvgIpc) is 2.71. The number of nitrogens with zero attached hydrogens (tertiary/aromatic N) is 4. The maximum Gasteiger partial charge on any atom is 0.240 e. The summed E-state index contributed by atoms with van der Waals surface area (Å²) in [4.78, 5) is 13.4. The molecule has 1 fully saturated rings. The minimum absolute atomic E-state index is 0.177. The van der Waals surface area contributed by atoms with E-state index in [1.807, 2.05) is 24.8 Å². The fourth-order valence-electron chi connectivity index (χ4n) is 3.87. The number of guanidine groups is 1. The van der Waals surface area contributed by atoms with Gasteiger partial charge in [-0.3, -0.25) is 5.21 Å². The van der Waals surface area contributed by atoms with Crippen molar-refractivity contribution >= 4 is 17.3 Å². The summed E-state index contributed by atoms with van der Waals surface area (Å²) in [6.07, 6.45) is 0. The Morgan fingerprint density at radius 2 is 1.77 bits per heavy atom. The first-order valence-corrected chi connectivity index (χ1v) is 10.2. The maximum absolute atomic E-state index is 9.77. The van der Waals surface area contributed by atoms with E-state index in [1.165, 1.54) is 16.8 Å². The lowest BCUT2D eigenvalue weighted by molar-refractivity contribution is 0.207. The molecule has 0 bridgehead atoms. The number of nitrogens with two attached hydrogens (primary N) is 1. The van der Waals surface area contributed by atoms with Crippen LogP contribution in [0.5, 0.6) is 5.88 Å². The molecule has 3 rings (SSSR count). The van der Waals surface area contributed by atoms with Crippen molar-refractivity contribution in [2.24, 2.45) is 10.7 Å². The smallest absolute Gasteiger partial charge is 0.240 e. The zero-order chi connectivity index (χ0) is 21.8. The Labute approximate surface area is 178 Å². The van der Waals surface area contributed by atoms with Gasteiger partial charge in [0.05, 0.1) is 7.11 Å². The van der Waals surface area contributed by atoms with Gasteiger partial charge >= 0.3 is 0 Å². The molecule has 0 spiro atoms. The van der Waals surface area contributed by atoms with E-state index in [9.17, 15) is 5.21 Å². The predicted octanol–water partition coefficient (Wildman–Crippen LogP) is 2.82. The molecule has 4 N–H and O–H groups in total. The molecule has 2 aromatic rings.